The van der Waals surface area contributed by atoms with Gasteiger partial charge >= 0.3 is 5.97 Å². The Kier molecular flexibility index (Phi) is 4.56. The number of aromatic nitrogens is 3. The molecule has 0 unspecified atom stereocenters. The first-order valence-electron chi connectivity index (χ1n) is 9.45. The molecule has 0 amide bonds. The normalized spacial score (nSPS) is 15.6. The number of carboxylic acids is 1. The first-order chi connectivity index (χ1) is 13.0. The predicted molar refractivity (Wildman–Crippen MR) is 105 cm³/mol. The first kappa shape index (κ1) is 17.5. The average molecular weight is 364 g/mol. The summed E-state index contributed by atoms with van der Waals surface area (Å²) in [7, 11) is 0. The third-order valence-electron chi connectivity index (χ3n) is 5.39. The number of carboxylic acid groups (broad SMARTS) is 1. The maximum Gasteiger partial charge on any atom is 0.306 e. The Bertz CT molecular complexity index is 954. The lowest BCUT2D eigenvalue weighted by Gasteiger charge is -2.31. The van der Waals surface area contributed by atoms with Crippen molar-refractivity contribution in [1.29, 1.82) is 0 Å². The minimum absolute atomic E-state index is 0.249. The number of piperidine rings is 1. The molecule has 3 aromatic rings. The van der Waals surface area contributed by atoms with E-state index in [1.807, 2.05) is 10.7 Å². The smallest absolute Gasteiger partial charge is 0.306 e. The van der Waals surface area contributed by atoms with Crippen molar-refractivity contribution < 1.29 is 9.90 Å². The molecule has 0 spiro atoms. The second-order valence-electron chi connectivity index (χ2n) is 7.49. The number of rotatable bonds is 4. The van der Waals surface area contributed by atoms with E-state index in [0.29, 0.717) is 31.8 Å². The van der Waals surface area contributed by atoms with Gasteiger partial charge < -0.3 is 10.0 Å². The van der Waals surface area contributed by atoms with Gasteiger partial charge in [-0.05, 0) is 30.4 Å². The number of hydrogen-bond donors (Lipinski definition) is 1. The van der Waals surface area contributed by atoms with E-state index in [1.165, 1.54) is 5.56 Å². The highest BCUT2D eigenvalue weighted by atomic mass is 16.4. The minimum Gasteiger partial charge on any atom is -0.481 e. The summed E-state index contributed by atoms with van der Waals surface area (Å²) in [4.78, 5) is 17.9. The van der Waals surface area contributed by atoms with Crippen LogP contribution in [0.4, 0.5) is 5.82 Å². The fourth-order valence-electron chi connectivity index (χ4n) is 3.67. The summed E-state index contributed by atoms with van der Waals surface area (Å²) in [6.07, 6.45) is 4.91. The van der Waals surface area contributed by atoms with E-state index in [0.717, 1.165) is 22.6 Å². The number of anilines is 1. The number of carbonyl (C=O) groups is 1. The van der Waals surface area contributed by atoms with Crippen LogP contribution in [-0.4, -0.2) is 38.8 Å². The highest BCUT2D eigenvalue weighted by molar-refractivity contribution is 5.76. The van der Waals surface area contributed by atoms with Crippen molar-refractivity contribution in [3.8, 4) is 11.3 Å². The molecule has 1 N–H and O–H groups in total. The quantitative estimate of drug-likeness (QED) is 0.762. The number of aliphatic carboxylic acids is 1. The Morgan fingerprint density at radius 2 is 1.89 bits per heavy atom. The van der Waals surface area contributed by atoms with Crippen molar-refractivity contribution in [2.45, 2.75) is 32.6 Å². The largest absolute Gasteiger partial charge is 0.481 e. The van der Waals surface area contributed by atoms with Crippen molar-refractivity contribution >= 4 is 17.3 Å². The molecule has 0 atom stereocenters. The van der Waals surface area contributed by atoms with Gasteiger partial charge in [-0.2, -0.15) is 5.10 Å². The van der Waals surface area contributed by atoms with Crippen molar-refractivity contribution in [2.75, 3.05) is 18.0 Å². The third kappa shape index (κ3) is 3.39. The van der Waals surface area contributed by atoms with Gasteiger partial charge in [0.1, 0.15) is 5.52 Å². The minimum atomic E-state index is -0.697. The van der Waals surface area contributed by atoms with E-state index in [2.05, 4.69) is 54.1 Å². The molecule has 1 aliphatic rings. The van der Waals surface area contributed by atoms with E-state index < -0.39 is 5.97 Å². The Morgan fingerprint density at radius 3 is 2.52 bits per heavy atom. The molecule has 0 bridgehead atoms. The summed E-state index contributed by atoms with van der Waals surface area (Å²) in [5.41, 5.74) is 4.26. The molecular formula is C21H24N4O2. The van der Waals surface area contributed by atoms with Crippen LogP contribution in [-0.2, 0) is 4.79 Å². The van der Waals surface area contributed by atoms with Gasteiger partial charge in [-0.15, -0.1) is 0 Å². The molecule has 6 heteroatoms. The monoisotopic (exact) mass is 364 g/mol. The van der Waals surface area contributed by atoms with Crippen LogP contribution < -0.4 is 4.90 Å². The van der Waals surface area contributed by atoms with Crippen LogP contribution >= 0.6 is 0 Å². The average Bonchev–Trinajstić information content (AvgIpc) is 3.12. The predicted octanol–water partition coefficient (Wildman–Crippen LogP) is 3.82. The molecule has 2 aromatic heterocycles. The van der Waals surface area contributed by atoms with Crippen molar-refractivity contribution in [3.63, 3.8) is 0 Å². The molecule has 3 heterocycles. The number of nitrogens with zero attached hydrogens (tertiary/aromatic N) is 4. The van der Waals surface area contributed by atoms with Crippen molar-refractivity contribution in [1.82, 2.24) is 14.6 Å². The zero-order valence-electron chi connectivity index (χ0n) is 15.7. The fraction of sp³-hybridized carbons (Fsp3) is 0.381. The summed E-state index contributed by atoms with van der Waals surface area (Å²) >= 11 is 0. The highest BCUT2D eigenvalue weighted by Gasteiger charge is 2.26. The van der Waals surface area contributed by atoms with Gasteiger partial charge in [0.25, 0.3) is 0 Å². The van der Waals surface area contributed by atoms with Crippen molar-refractivity contribution in [3.05, 3.63) is 48.3 Å². The number of hydrogen-bond acceptors (Lipinski definition) is 4. The Balaban J connectivity index is 1.63. The van der Waals surface area contributed by atoms with Gasteiger partial charge in [0, 0.05) is 31.0 Å². The zero-order chi connectivity index (χ0) is 19.0. The van der Waals surface area contributed by atoms with Crippen LogP contribution in [0.15, 0.2) is 42.7 Å². The Labute approximate surface area is 158 Å². The van der Waals surface area contributed by atoms with Crippen LogP contribution in [0.3, 0.4) is 0 Å². The van der Waals surface area contributed by atoms with Gasteiger partial charge in [-0.3, -0.25) is 4.79 Å². The first-order valence-corrected chi connectivity index (χ1v) is 9.45. The summed E-state index contributed by atoms with van der Waals surface area (Å²) in [5, 5.41) is 13.9. The van der Waals surface area contributed by atoms with E-state index >= 15 is 0 Å². The summed E-state index contributed by atoms with van der Waals surface area (Å²) in [6.45, 7) is 5.78. The number of benzene rings is 1. The topological polar surface area (TPSA) is 70.7 Å². The second kappa shape index (κ2) is 7.02. The lowest BCUT2D eigenvalue weighted by Crippen LogP contribution is -2.37. The number of fused-ring (bicyclic) bond motifs is 1. The van der Waals surface area contributed by atoms with Crippen LogP contribution in [0.5, 0.6) is 0 Å². The molecule has 1 aromatic carbocycles. The van der Waals surface area contributed by atoms with E-state index in [9.17, 15) is 9.90 Å². The maximum absolute atomic E-state index is 11.2. The molecule has 4 rings (SSSR count). The fourth-order valence-corrected chi connectivity index (χ4v) is 3.67. The maximum atomic E-state index is 11.2. The summed E-state index contributed by atoms with van der Waals surface area (Å²) in [6, 6.07) is 10.6. The molecule has 140 valence electrons. The van der Waals surface area contributed by atoms with Gasteiger partial charge in [-0.25, -0.2) is 9.50 Å². The highest BCUT2D eigenvalue weighted by Crippen LogP contribution is 2.29. The Morgan fingerprint density at radius 1 is 1.19 bits per heavy atom. The molecule has 1 fully saturated rings. The molecule has 1 saturated heterocycles. The molecule has 1 aliphatic heterocycles. The summed E-state index contributed by atoms with van der Waals surface area (Å²) in [5.74, 6) is 0.432. The summed E-state index contributed by atoms with van der Waals surface area (Å²) < 4.78 is 1.86. The SMILES string of the molecule is CC(C)c1ccc(-c2cc3c(N4CCC(C(=O)O)CC4)nccn3n2)cc1. The zero-order valence-corrected chi connectivity index (χ0v) is 15.7. The third-order valence-corrected chi connectivity index (χ3v) is 5.39. The van der Waals surface area contributed by atoms with Gasteiger partial charge in [0.05, 0.1) is 11.6 Å². The standard InChI is InChI=1S/C21H24N4O2/c1-14(2)15-3-5-16(6-4-15)18-13-19-20(22-9-12-25(19)23-18)24-10-7-17(8-11-24)21(26)27/h3-6,9,12-14,17H,7-8,10-11H2,1-2H3,(H,26,27). The van der Waals surface area contributed by atoms with Gasteiger partial charge in [-0.1, -0.05) is 38.1 Å². The molecule has 0 saturated carbocycles. The lowest BCUT2D eigenvalue weighted by atomic mass is 9.97. The lowest BCUT2D eigenvalue weighted by molar-refractivity contribution is -0.142. The molecule has 0 radical (unpaired) electrons. The van der Waals surface area contributed by atoms with E-state index in [-0.39, 0.29) is 5.92 Å². The van der Waals surface area contributed by atoms with Gasteiger partial charge in [0.15, 0.2) is 5.82 Å². The molecule has 6 nitrogen and oxygen atoms in total. The molecular weight excluding hydrogens is 340 g/mol. The second-order valence-corrected chi connectivity index (χ2v) is 7.49. The Hall–Kier alpha value is -2.89. The van der Waals surface area contributed by atoms with Crippen LogP contribution in [0.25, 0.3) is 16.8 Å². The van der Waals surface area contributed by atoms with Crippen molar-refractivity contribution in [2.24, 2.45) is 5.92 Å². The van der Waals surface area contributed by atoms with Crippen LogP contribution in [0.2, 0.25) is 0 Å². The molecule has 27 heavy (non-hydrogen) atoms. The van der Waals surface area contributed by atoms with E-state index in [4.69, 9.17) is 5.10 Å². The molecule has 0 aliphatic carbocycles. The van der Waals surface area contributed by atoms with E-state index in [1.54, 1.807) is 6.20 Å². The van der Waals surface area contributed by atoms with Crippen LogP contribution in [0.1, 0.15) is 38.2 Å². The van der Waals surface area contributed by atoms with Gasteiger partial charge in [0.2, 0.25) is 0 Å². The van der Waals surface area contributed by atoms with Crippen LogP contribution in [0, 0.1) is 5.92 Å².